The van der Waals surface area contributed by atoms with Gasteiger partial charge in [-0.3, -0.25) is 9.78 Å². The largest absolute Gasteiger partial charge is 0.326 e. The molecule has 0 bridgehead atoms. The maximum absolute atomic E-state index is 13.2. The van der Waals surface area contributed by atoms with Crippen LogP contribution >= 0.6 is 0 Å². The van der Waals surface area contributed by atoms with Crippen molar-refractivity contribution < 1.29 is 17.6 Å². The Kier molecular flexibility index (Phi) is 4.01. The number of benzene rings is 1. The third-order valence-corrected chi connectivity index (χ3v) is 3.58. The Labute approximate surface area is 120 Å². The maximum Gasteiger partial charge on any atom is 0.238 e. The standard InChI is InChI=1S/C13H12FN3O3S/c1-8(18)17-11-2-3-12(13(5-11)21(15,19)20)9-4-10(14)7-16-6-9/h2-7H,1H3,(H,17,18)(H2,15,19,20). The highest BCUT2D eigenvalue weighted by Gasteiger charge is 2.17. The van der Waals surface area contributed by atoms with Crippen LogP contribution in [0.3, 0.4) is 0 Å². The van der Waals surface area contributed by atoms with Crippen molar-refractivity contribution in [2.45, 2.75) is 11.8 Å². The lowest BCUT2D eigenvalue weighted by Crippen LogP contribution is -2.15. The fourth-order valence-electron chi connectivity index (χ4n) is 1.84. The van der Waals surface area contributed by atoms with Crippen LogP contribution in [-0.4, -0.2) is 19.3 Å². The van der Waals surface area contributed by atoms with Crippen LogP contribution < -0.4 is 10.5 Å². The first-order chi connectivity index (χ1) is 9.77. The van der Waals surface area contributed by atoms with E-state index in [9.17, 15) is 17.6 Å². The predicted octanol–water partition coefficient (Wildman–Crippen LogP) is 1.49. The molecule has 1 heterocycles. The molecule has 2 aromatic rings. The summed E-state index contributed by atoms with van der Waals surface area (Å²) in [6.45, 7) is 1.29. The predicted molar refractivity (Wildman–Crippen MR) is 75.3 cm³/mol. The van der Waals surface area contributed by atoms with Crippen LogP contribution in [0, 0.1) is 5.82 Å². The molecule has 6 nitrogen and oxygen atoms in total. The summed E-state index contributed by atoms with van der Waals surface area (Å²) >= 11 is 0. The molecular formula is C13H12FN3O3S. The molecular weight excluding hydrogens is 297 g/mol. The fourth-order valence-corrected chi connectivity index (χ4v) is 2.62. The van der Waals surface area contributed by atoms with Crippen molar-refractivity contribution >= 4 is 21.6 Å². The lowest BCUT2D eigenvalue weighted by atomic mass is 10.1. The highest BCUT2D eigenvalue weighted by atomic mass is 32.2. The number of halogens is 1. The van der Waals surface area contributed by atoms with Crippen LogP contribution in [-0.2, 0) is 14.8 Å². The number of nitrogens with two attached hydrogens (primary N) is 1. The highest BCUT2D eigenvalue weighted by Crippen LogP contribution is 2.29. The molecule has 2 rings (SSSR count). The molecule has 0 saturated carbocycles. The Morgan fingerprint density at radius 2 is 2.00 bits per heavy atom. The second kappa shape index (κ2) is 5.58. The molecule has 0 aliphatic heterocycles. The second-order valence-corrected chi connectivity index (χ2v) is 5.86. The van der Waals surface area contributed by atoms with Crippen LogP contribution in [0.15, 0.2) is 41.6 Å². The summed E-state index contributed by atoms with van der Waals surface area (Å²) in [5.74, 6) is -0.950. The first-order valence-corrected chi connectivity index (χ1v) is 7.37. The van der Waals surface area contributed by atoms with Crippen LogP contribution in [0.4, 0.5) is 10.1 Å². The van der Waals surface area contributed by atoms with Crippen LogP contribution in [0.1, 0.15) is 6.92 Å². The maximum atomic E-state index is 13.2. The highest BCUT2D eigenvalue weighted by molar-refractivity contribution is 7.89. The number of hydrogen-bond acceptors (Lipinski definition) is 4. The summed E-state index contributed by atoms with van der Waals surface area (Å²) in [5, 5.41) is 7.64. The Hall–Kier alpha value is -2.32. The van der Waals surface area contributed by atoms with Gasteiger partial charge in [-0.1, -0.05) is 6.07 Å². The number of carbonyl (C=O) groups excluding carboxylic acids is 1. The third kappa shape index (κ3) is 3.61. The van der Waals surface area contributed by atoms with E-state index in [2.05, 4.69) is 10.3 Å². The van der Waals surface area contributed by atoms with Crippen molar-refractivity contribution in [3.63, 3.8) is 0 Å². The normalized spacial score (nSPS) is 11.2. The minimum atomic E-state index is -4.05. The molecule has 0 radical (unpaired) electrons. The first kappa shape index (κ1) is 15.1. The van der Waals surface area contributed by atoms with Crippen molar-refractivity contribution in [2.75, 3.05) is 5.32 Å². The average molecular weight is 309 g/mol. The van der Waals surface area contributed by atoms with Gasteiger partial charge < -0.3 is 5.32 Å². The molecule has 21 heavy (non-hydrogen) atoms. The van der Waals surface area contributed by atoms with Crippen molar-refractivity contribution in [1.82, 2.24) is 4.98 Å². The number of rotatable bonds is 3. The summed E-state index contributed by atoms with van der Waals surface area (Å²) < 4.78 is 36.6. The minimum absolute atomic E-state index is 0.207. The van der Waals surface area contributed by atoms with Crippen molar-refractivity contribution in [2.24, 2.45) is 5.14 Å². The molecule has 0 saturated heterocycles. The number of primary sulfonamides is 1. The van der Waals surface area contributed by atoms with Crippen LogP contribution in [0.25, 0.3) is 11.1 Å². The van der Waals surface area contributed by atoms with E-state index in [1.807, 2.05) is 0 Å². The van der Waals surface area contributed by atoms with Gasteiger partial charge in [0, 0.05) is 29.9 Å². The van der Waals surface area contributed by atoms with Crippen LogP contribution in [0.5, 0.6) is 0 Å². The smallest absolute Gasteiger partial charge is 0.238 e. The number of hydrogen-bond donors (Lipinski definition) is 2. The summed E-state index contributed by atoms with van der Waals surface area (Å²) in [5.41, 5.74) is 0.756. The zero-order chi connectivity index (χ0) is 15.6. The summed E-state index contributed by atoms with van der Waals surface area (Å²) in [6, 6.07) is 5.30. The van der Waals surface area contributed by atoms with Gasteiger partial charge in [-0.25, -0.2) is 17.9 Å². The molecule has 1 amide bonds. The minimum Gasteiger partial charge on any atom is -0.326 e. The zero-order valence-electron chi connectivity index (χ0n) is 11.0. The third-order valence-electron chi connectivity index (χ3n) is 2.62. The Morgan fingerprint density at radius 1 is 1.29 bits per heavy atom. The Balaban J connectivity index is 2.63. The molecule has 0 fully saturated rings. The van der Waals surface area contributed by atoms with Gasteiger partial charge in [-0.2, -0.15) is 0 Å². The number of nitrogens with zero attached hydrogens (tertiary/aromatic N) is 1. The summed E-state index contributed by atoms with van der Waals surface area (Å²) in [7, 11) is -4.05. The van der Waals surface area contributed by atoms with E-state index in [0.29, 0.717) is 0 Å². The number of amides is 1. The topological polar surface area (TPSA) is 102 Å². The van der Waals surface area contributed by atoms with Crippen molar-refractivity contribution in [1.29, 1.82) is 0 Å². The van der Waals surface area contributed by atoms with E-state index >= 15 is 0 Å². The number of sulfonamides is 1. The summed E-state index contributed by atoms with van der Waals surface area (Å²) in [6.07, 6.45) is 2.33. The zero-order valence-corrected chi connectivity index (χ0v) is 11.8. The molecule has 0 aliphatic rings. The number of anilines is 1. The Bertz CT molecular complexity index is 806. The van der Waals surface area contributed by atoms with Gasteiger partial charge in [0.1, 0.15) is 5.82 Å². The molecule has 0 unspecified atom stereocenters. The van der Waals surface area contributed by atoms with Crippen molar-refractivity contribution in [3.8, 4) is 11.1 Å². The first-order valence-electron chi connectivity index (χ1n) is 5.83. The van der Waals surface area contributed by atoms with Gasteiger partial charge >= 0.3 is 0 Å². The van der Waals surface area contributed by atoms with Gasteiger partial charge in [0.25, 0.3) is 0 Å². The second-order valence-electron chi connectivity index (χ2n) is 4.33. The van der Waals surface area contributed by atoms with Crippen LogP contribution in [0.2, 0.25) is 0 Å². The van der Waals surface area contributed by atoms with E-state index in [4.69, 9.17) is 5.14 Å². The van der Waals surface area contributed by atoms with Gasteiger partial charge in [0.05, 0.1) is 11.1 Å². The lowest BCUT2D eigenvalue weighted by Gasteiger charge is -2.10. The lowest BCUT2D eigenvalue weighted by molar-refractivity contribution is -0.114. The summed E-state index contributed by atoms with van der Waals surface area (Å²) in [4.78, 5) is 14.5. The average Bonchev–Trinajstić information content (AvgIpc) is 2.37. The van der Waals surface area contributed by atoms with Gasteiger partial charge in [0.15, 0.2) is 0 Å². The molecule has 0 aliphatic carbocycles. The fraction of sp³-hybridized carbons (Fsp3) is 0.0769. The Morgan fingerprint density at radius 3 is 2.57 bits per heavy atom. The van der Waals surface area contributed by atoms with E-state index < -0.39 is 15.8 Å². The molecule has 3 N–H and O–H groups in total. The van der Waals surface area contributed by atoms with E-state index in [1.54, 1.807) is 0 Å². The van der Waals surface area contributed by atoms with E-state index in [1.165, 1.54) is 31.3 Å². The molecule has 0 spiro atoms. The molecule has 1 aromatic carbocycles. The molecule has 8 heteroatoms. The number of aromatic nitrogens is 1. The van der Waals surface area contributed by atoms with Gasteiger partial charge in [0.2, 0.25) is 15.9 Å². The van der Waals surface area contributed by atoms with Crippen molar-refractivity contribution in [3.05, 3.63) is 42.5 Å². The van der Waals surface area contributed by atoms with Gasteiger partial charge in [-0.15, -0.1) is 0 Å². The number of carbonyl (C=O) groups is 1. The number of nitrogens with one attached hydrogen (secondary N) is 1. The van der Waals surface area contributed by atoms with E-state index in [-0.39, 0.29) is 27.6 Å². The monoisotopic (exact) mass is 309 g/mol. The molecule has 1 aromatic heterocycles. The van der Waals surface area contributed by atoms with Gasteiger partial charge in [-0.05, 0) is 18.2 Å². The van der Waals surface area contributed by atoms with E-state index in [0.717, 1.165) is 12.3 Å². The SMILES string of the molecule is CC(=O)Nc1ccc(-c2cncc(F)c2)c(S(N)(=O)=O)c1. The number of pyridine rings is 1. The molecule has 110 valence electrons. The quantitative estimate of drug-likeness (QED) is 0.896. The molecule has 0 atom stereocenters.